The number of nitrogens with zero attached hydrogens (tertiary/aromatic N) is 2. The highest BCUT2D eigenvalue weighted by Crippen LogP contribution is 2.24. The molecule has 3 N–H and O–H groups in total. The highest BCUT2D eigenvalue weighted by Gasteiger charge is 2.18. The number of aryl methyl sites for hydroxylation is 1. The minimum atomic E-state index is -0.0671. The summed E-state index contributed by atoms with van der Waals surface area (Å²) in [5.74, 6) is 5.57. The van der Waals surface area contributed by atoms with Crippen LogP contribution in [0.2, 0.25) is 5.02 Å². The molecule has 1 aromatic rings. The van der Waals surface area contributed by atoms with Crippen LogP contribution in [0, 0.1) is 0 Å². The number of nitrogens with one attached hydrogen (secondary N) is 1. The summed E-state index contributed by atoms with van der Waals surface area (Å²) in [5, 5.41) is 4.81. The van der Waals surface area contributed by atoms with Gasteiger partial charge in [-0.2, -0.15) is 5.10 Å². The van der Waals surface area contributed by atoms with Crippen molar-refractivity contribution in [1.29, 1.82) is 0 Å². The Morgan fingerprint density at radius 2 is 2.28 bits per heavy atom. The zero-order valence-electron chi connectivity index (χ0n) is 10.9. The molecule has 1 atom stereocenters. The van der Waals surface area contributed by atoms with Crippen molar-refractivity contribution >= 4 is 11.6 Å². The Kier molecular flexibility index (Phi) is 7.22. The predicted octanol–water partition coefficient (Wildman–Crippen LogP) is 1.11. The van der Waals surface area contributed by atoms with Crippen molar-refractivity contribution in [2.24, 2.45) is 5.84 Å². The molecule has 18 heavy (non-hydrogen) atoms. The van der Waals surface area contributed by atoms with Crippen molar-refractivity contribution < 1.29 is 9.47 Å². The van der Waals surface area contributed by atoms with Crippen LogP contribution in [-0.2, 0) is 16.0 Å². The summed E-state index contributed by atoms with van der Waals surface area (Å²) in [4.78, 5) is 0. The third-order valence-corrected chi connectivity index (χ3v) is 2.94. The zero-order chi connectivity index (χ0) is 13.4. The molecular formula is C11H21ClN4O2. The molecule has 104 valence electrons. The lowest BCUT2D eigenvalue weighted by molar-refractivity contribution is 0.0654. The normalized spacial score (nSPS) is 12.9. The second-order valence-corrected chi connectivity index (χ2v) is 4.21. The van der Waals surface area contributed by atoms with Crippen LogP contribution in [0.25, 0.3) is 0 Å². The van der Waals surface area contributed by atoms with E-state index in [0.29, 0.717) is 24.8 Å². The van der Waals surface area contributed by atoms with Gasteiger partial charge in [0.1, 0.15) is 0 Å². The average Bonchev–Trinajstić information content (AvgIpc) is 2.75. The van der Waals surface area contributed by atoms with Crippen molar-refractivity contribution in [1.82, 2.24) is 15.2 Å². The number of methoxy groups -OCH3 is 1. The number of hydrogen-bond donors (Lipinski definition) is 2. The summed E-state index contributed by atoms with van der Waals surface area (Å²) in [6, 6.07) is -0.0671. The molecule has 7 heteroatoms. The van der Waals surface area contributed by atoms with E-state index in [2.05, 4.69) is 10.5 Å². The second-order valence-electron chi connectivity index (χ2n) is 3.81. The quantitative estimate of drug-likeness (QED) is 0.402. The first-order valence-corrected chi connectivity index (χ1v) is 6.36. The van der Waals surface area contributed by atoms with Crippen molar-refractivity contribution in [3.63, 3.8) is 0 Å². The highest BCUT2D eigenvalue weighted by molar-refractivity contribution is 6.31. The summed E-state index contributed by atoms with van der Waals surface area (Å²) in [6.07, 6.45) is 2.36. The molecule has 0 saturated carbocycles. The number of halogens is 1. The van der Waals surface area contributed by atoms with Crippen LogP contribution in [0.4, 0.5) is 0 Å². The SMILES string of the molecule is CCn1ncc(Cl)c1C(CCOCCOC)NN. The average molecular weight is 277 g/mol. The first-order valence-electron chi connectivity index (χ1n) is 5.98. The molecule has 1 heterocycles. The van der Waals surface area contributed by atoms with Gasteiger partial charge < -0.3 is 9.47 Å². The van der Waals surface area contributed by atoms with E-state index in [4.69, 9.17) is 26.9 Å². The summed E-state index contributed by atoms with van der Waals surface area (Å²) < 4.78 is 12.2. The van der Waals surface area contributed by atoms with Crippen LogP contribution < -0.4 is 11.3 Å². The van der Waals surface area contributed by atoms with E-state index in [1.54, 1.807) is 13.3 Å². The Balaban J connectivity index is 2.52. The van der Waals surface area contributed by atoms with E-state index in [1.165, 1.54) is 0 Å². The summed E-state index contributed by atoms with van der Waals surface area (Å²) >= 11 is 6.12. The lowest BCUT2D eigenvalue weighted by Gasteiger charge is -2.17. The molecule has 0 saturated heterocycles. The molecule has 0 aromatic carbocycles. The number of aromatic nitrogens is 2. The van der Waals surface area contributed by atoms with Gasteiger partial charge in [-0.05, 0) is 13.3 Å². The van der Waals surface area contributed by atoms with Crippen LogP contribution in [-0.4, -0.2) is 36.7 Å². The predicted molar refractivity (Wildman–Crippen MR) is 70.3 cm³/mol. The maximum atomic E-state index is 6.12. The second kappa shape index (κ2) is 8.44. The van der Waals surface area contributed by atoms with Gasteiger partial charge in [-0.25, -0.2) is 0 Å². The summed E-state index contributed by atoms with van der Waals surface area (Å²) in [6.45, 7) is 4.52. The molecule has 1 unspecified atom stereocenters. The van der Waals surface area contributed by atoms with Gasteiger partial charge in [0.25, 0.3) is 0 Å². The molecule has 0 bridgehead atoms. The fraction of sp³-hybridized carbons (Fsp3) is 0.727. The molecule has 6 nitrogen and oxygen atoms in total. The molecular weight excluding hydrogens is 256 g/mol. The third kappa shape index (κ3) is 4.22. The first kappa shape index (κ1) is 15.4. The van der Waals surface area contributed by atoms with Gasteiger partial charge in [-0.3, -0.25) is 16.0 Å². The zero-order valence-corrected chi connectivity index (χ0v) is 11.6. The topological polar surface area (TPSA) is 74.3 Å². The van der Waals surface area contributed by atoms with Gasteiger partial charge >= 0.3 is 0 Å². The number of rotatable bonds is 9. The van der Waals surface area contributed by atoms with Gasteiger partial charge in [0.05, 0.1) is 36.2 Å². The van der Waals surface area contributed by atoms with Crippen molar-refractivity contribution in [3.8, 4) is 0 Å². The maximum Gasteiger partial charge on any atom is 0.0834 e. The Hall–Kier alpha value is -0.660. The minimum Gasteiger partial charge on any atom is -0.382 e. The third-order valence-electron chi connectivity index (χ3n) is 2.65. The molecule has 0 spiro atoms. The molecule has 0 amide bonds. The molecule has 0 aliphatic carbocycles. The van der Waals surface area contributed by atoms with Crippen molar-refractivity contribution in [3.05, 3.63) is 16.9 Å². The largest absolute Gasteiger partial charge is 0.382 e. The standard InChI is InChI=1S/C11H21ClN4O2/c1-3-16-11(9(12)8-14-16)10(15-13)4-5-18-7-6-17-2/h8,10,15H,3-7,13H2,1-2H3. The van der Waals surface area contributed by atoms with E-state index in [-0.39, 0.29) is 6.04 Å². The van der Waals surface area contributed by atoms with Gasteiger partial charge in [-0.15, -0.1) is 0 Å². The monoisotopic (exact) mass is 276 g/mol. The molecule has 0 radical (unpaired) electrons. The summed E-state index contributed by atoms with van der Waals surface area (Å²) in [5.41, 5.74) is 3.65. The van der Waals surface area contributed by atoms with Crippen LogP contribution in [0.3, 0.4) is 0 Å². The van der Waals surface area contributed by atoms with E-state index < -0.39 is 0 Å². The fourth-order valence-electron chi connectivity index (χ4n) is 1.71. The first-order chi connectivity index (χ1) is 8.74. The number of ether oxygens (including phenoxy) is 2. The minimum absolute atomic E-state index is 0.0671. The fourth-order valence-corrected chi connectivity index (χ4v) is 1.99. The Morgan fingerprint density at radius 3 is 2.89 bits per heavy atom. The van der Waals surface area contributed by atoms with Crippen LogP contribution in [0.1, 0.15) is 25.1 Å². The van der Waals surface area contributed by atoms with Gasteiger partial charge in [-0.1, -0.05) is 11.6 Å². The molecule has 1 aromatic heterocycles. The molecule has 0 fully saturated rings. The van der Waals surface area contributed by atoms with E-state index in [9.17, 15) is 0 Å². The lowest BCUT2D eigenvalue weighted by atomic mass is 10.1. The Labute approximate surface area is 112 Å². The molecule has 0 aliphatic rings. The number of hydrogen-bond acceptors (Lipinski definition) is 5. The summed E-state index contributed by atoms with van der Waals surface area (Å²) in [7, 11) is 1.65. The van der Waals surface area contributed by atoms with E-state index in [1.807, 2.05) is 11.6 Å². The molecule has 0 aliphatic heterocycles. The Morgan fingerprint density at radius 1 is 1.50 bits per heavy atom. The van der Waals surface area contributed by atoms with Crippen LogP contribution in [0.15, 0.2) is 6.20 Å². The van der Waals surface area contributed by atoms with Crippen molar-refractivity contribution in [2.75, 3.05) is 26.9 Å². The molecule has 1 rings (SSSR count). The van der Waals surface area contributed by atoms with E-state index in [0.717, 1.165) is 18.7 Å². The van der Waals surface area contributed by atoms with Crippen LogP contribution >= 0.6 is 11.6 Å². The smallest absolute Gasteiger partial charge is 0.0834 e. The lowest BCUT2D eigenvalue weighted by Crippen LogP contribution is -2.31. The highest BCUT2D eigenvalue weighted by atomic mass is 35.5. The number of hydrazine groups is 1. The van der Waals surface area contributed by atoms with Gasteiger partial charge in [0.15, 0.2) is 0 Å². The maximum absolute atomic E-state index is 6.12. The van der Waals surface area contributed by atoms with E-state index >= 15 is 0 Å². The van der Waals surface area contributed by atoms with Gasteiger partial charge in [0, 0.05) is 20.3 Å². The van der Waals surface area contributed by atoms with Crippen LogP contribution in [0.5, 0.6) is 0 Å². The van der Waals surface area contributed by atoms with Gasteiger partial charge in [0.2, 0.25) is 0 Å². The van der Waals surface area contributed by atoms with Crippen molar-refractivity contribution in [2.45, 2.75) is 25.9 Å². The number of nitrogens with two attached hydrogens (primary N) is 1. The Bertz CT molecular complexity index is 346.